The van der Waals surface area contributed by atoms with Crippen molar-refractivity contribution in [3.63, 3.8) is 0 Å². The molecule has 98 valence electrons. The van der Waals surface area contributed by atoms with Crippen LogP contribution in [0.1, 0.15) is 18.1 Å². The molecule has 0 radical (unpaired) electrons. The van der Waals surface area contributed by atoms with Crippen molar-refractivity contribution in [2.75, 3.05) is 6.54 Å². The Hall–Kier alpha value is -1.63. The largest absolute Gasteiger partial charge is 0.417 e. The van der Waals surface area contributed by atoms with E-state index in [9.17, 15) is 13.2 Å². The van der Waals surface area contributed by atoms with E-state index in [0.717, 1.165) is 12.3 Å². The molecule has 0 aromatic heterocycles. The summed E-state index contributed by atoms with van der Waals surface area (Å²) in [5.74, 6) is 0. The summed E-state index contributed by atoms with van der Waals surface area (Å²) in [6.45, 7) is 2.46. The summed E-state index contributed by atoms with van der Waals surface area (Å²) in [7, 11) is 0. The Bertz CT molecular complexity index is 443. The van der Waals surface area contributed by atoms with Gasteiger partial charge in [-0.1, -0.05) is 18.2 Å². The molecule has 0 heterocycles. The van der Waals surface area contributed by atoms with Crippen LogP contribution in [-0.4, -0.2) is 17.9 Å². The minimum atomic E-state index is -4.40. The quantitative estimate of drug-likeness (QED) is 0.505. The van der Waals surface area contributed by atoms with E-state index < -0.39 is 11.7 Å². The van der Waals surface area contributed by atoms with Crippen molar-refractivity contribution in [3.8, 4) is 0 Å². The van der Waals surface area contributed by atoms with Crippen molar-refractivity contribution < 1.29 is 13.2 Å². The molecule has 0 unspecified atom stereocenters. The van der Waals surface area contributed by atoms with E-state index in [1.807, 2.05) is 6.92 Å². The van der Waals surface area contributed by atoms with E-state index in [2.05, 4.69) is 15.8 Å². The second kappa shape index (κ2) is 6.34. The third-order valence-corrected chi connectivity index (χ3v) is 2.21. The zero-order valence-corrected chi connectivity index (χ0v) is 10.4. The molecule has 1 aromatic carbocycles. The second-order valence-electron chi connectivity index (χ2n) is 3.31. The van der Waals surface area contributed by atoms with Crippen LogP contribution in [0.3, 0.4) is 0 Å². The van der Waals surface area contributed by atoms with Gasteiger partial charge in [-0.15, -0.1) is 0 Å². The molecule has 2 N–H and O–H groups in total. The number of rotatable bonds is 3. The molecule has 0 atom stereocenters. The SMILES string of the molecule is CCNC(=S)N/N=C\c1ccccc1C(F)(F)F. The molecule has 0 saturated heterocycles. The average molecular weight is 275 g/mol. The fourth-order valence-electron chi connectivity index (χ4n) is 1.23. The lowest BCUT2D eigenvalue weighted by Crippen LogP contribution is -2.31. The van der Waals surface area contributed by atoms with Crippen molar-refractivity contribution in [3.05, 3.63) is 35.4 Å². The first-order valence-corrected chi connectivity index (χ1v) is 5.59. The molecular weight excluding hydrogens is 263 g/mol. The standard InChI is InChI=1S/C11H12F3N3S/c1-2-15-10(18)17-16-7-8-5-3-4-6-9(8)11(12,13)14/h3-7H,2H2,1H3,(H2,15,17,18)/b16-7-. The minimum Gasteiger partial charge on any atom is -0.362 e. The zero-order valence-electron chi connectivity index (χ0n) is 9.58. The van der Waals surface area contributed by atoms with Gasteiger partial charge in [0.1, 0.15) is 0 Å². The summed E-state index contributed by atoms with van der Waals surface area (Å²) in [5, 5.41) is 6.68. The smallest absolute Gasteiger partial charge is 0.362 e. The average Bonchev–Trinajstić information content (AvgIpc) is 2.28. The number of hydrogen-bond acceptors (Lipinski definition) is 2. The van der Waals surface area contributed by atoms with Gasteiger partial charge in [-0.2, -0.15) is 18.3 Å². The maximum Gasteiger partial charge on any atom is 0.417 e. The van der Waals surface area contributed by atoms with Crippen LogP contribution in [0, 0.1) is 0 Å². The van der Waals surface area contributed by atoms with Gasteiger partial charge in [0.05, 0.1) is 11.8 Å². The number of hydrazone groups is 1. The van der Waals surface area contributed by atoms with Gasteiger partial charge in [0.25, 0.3) is 0 Å². The molecular formula is C11H12F3N3S. The minimum absolute atomic E-state index is 0.0169. The Morgan fingerprint density at radius 3 is 2.67 bits per heavy atom. The van der Waals surface area contributed by atoms with Gasteiger partial charge in [0.2, 0.25) is 0 Å². The molecule has 0 spiro atoms. The third-order valence-electron chi connectivity index (χ3n) is 1.97. The lowest BCUT2D eigenvalue weighted by molar-refractivity contribution is -0.137. The highest BCUT2D eigenvalue weighted by Crippen LogP contribution is 2.30. The monoisotopic (exact) mass is 275 g/mol. The van der Waals surface area contributed by atoms with Gasteiger partial charge < -0.3 is 5.32 Å². The van der Waals surface area contributed by atoms with E-state index in [-0.39, 0.29) is 10.7 Å². The fourth-order valence-corrected chi connectivity index (χ4v) is 1.43. The lowest BCUT2D eigenvalue weighted by atomic mass is 10.1. The Kier molecular flexibility index (Phi) is 5.08. The predicted octanol–water partition coefficient (Wildman–Crippen LogP) is 2.52. The van der Waals surface area contributed by atoms with E-state index in [0.29, 0.717) is 6.54 Å². The number of nitrogens with zero attached hydrogens (tertiary/aromatic N) is 1. The summed E-state index contributed by atoms with van der Waals surface area (Å²) in [6.07, 6.45) is -3.31. The topological polar surface area (TPSA) is 36.4 Å². The van der Waals surface area contributed by atoms with Crippen molar-refractivity contribution >= 4 is 23.5 Å². The van der Waals surface area contributed by atoms with Crippen LogP contribution in [0.2, 0.25) is 0 Å². The first-order chi connectivity index (χ1) is 8.45. The number of nitrogens with one attached hydrogen (secondary N) is 2. The zero-order chi connectivity index (χ0) is 13.6. The van der Waals surface area contributed by atoms with Gasteiger partial charge in [0, 0.05) is 12.1 Å². The first kappa shape index (κ1) is 14.4. The summed E-state index contributed by atoms with van der Waals surface area (Å²) in [5.41, 5.74) is 1.68. The van der Waals surface area contributed by atoms with E-state index in [1.165, 1.54) is 18.2 Å². The van der Waals surface area contributed by atoms with Crippen LogP contribution in [0.5, 0.6) is 0 Å². The summed E-state index contributed by atoms with van der Waals surface area (Å²) in [4.78, 5) is 0. The first-order valence-electron chi connectivity index (χ1n) is 5.18. The normalized spacial score (nSPS) is 11.6. The number of hydrogen-bond donors (Lipinski definition) is 2. The third kappa shape index (κ3) is 4.33. The van der Waals surface area contributed by atoms with E-state index >= 15 is 0 Å². The Balaban J connectivity index is 2.79. The van der Waals surface area contributed by atoms with Crippen molar-refractivity contribution in [2.24, 2.45) is 5.10 Å². The van der Waals surface area contributed by atoms with Gasteiger partial charge >= 0.3 is 6.18 Å². The van der Waals surface area contributed by atoms with Crippen LogP contribution in [0.4, 0.5) is 13.2 Å². The molecule has 0 aliphatic heterocycles. The summed E-state index contributed by atoms with van der Waals surface area (Å²) >= 11 is 4.82. The molecule has 0 fully saturated rings. The van der Waals surface area contributed by atoms with Crippen LogP contribution < -0.4 is 10.7 Å². The highest BCUT2D eigenvalue weighted by Gasteiger charge is 2.32. The Morgan fingerprint density at radius 1 is 1.39 bits per heavy atom. The molecule has 7 heteroatoms. The van der Waals surface area contributed by atoms with Gasteiger partial charge in [-0.25, -0.2) is 0 Å². The molecule has 0 aliphatic rings. The Morgan fingerprint density at radius 2 is 2.06 bits per heavy atom. The van der Waals surface area contributed by atoms with Crippen molar-refractivity contribution in [1.82, 2.24) is 10.7 Å². The molecule has 18 heavy (non-hydrogen) atoms. The van der Waals surface area contributed by atoms with E-state index in [1.54, 1.807) is 0 Å². The predicted molar refractivity (Wildman–Crippen MR) is 68.4 cm³/mol. The maximum atomic E-state index is 12.6. The van der Waals surface area contributed by atoms with Crippen LogP contribution >= 0.6 is 12.2 Å². The molecule has 1 aromatic rings. The molecule has 0 saturated carbocycles. The molecule has 3 nitrogen and oxygen atoms in total. The van der Waals surface area contributed by atoms with Crippen LogP contribution in [0.25, 0.3) is 0 Å². The van der Waals surface area contributed by atoms with Crippen molar-refractivity contribution in [1.29, 1.82) is 0 Å². The van der Waals surface area contributed by atoms with Gasteiger partial charge in [-0.3, -0.25) is 5.43 Å². The summed E-state index contributed by atoms with van der Waals surface area (Å²) < 4.78 is 37.9. The molecule has 0 amide bonds. The van der Waals surface area contributed by atoms with Crippen molar-refractivity contribution in [2.45, 2.75) is 13.1 Å². The molecule has 0 aliphatic carbocycles. The van der Waals surface area contributed by atoms with Crippen LogP contribution in [0.15, 0.2) is 29.4 Å². The van der Waals surface area contributed by atoms with E-state index in [4.69, 9.17) is 12.2 Å². The highest BCUT2D eigenvalue weighted by molar-refractivity contribution is 7.80. The van der Waals surface area contributed by atoms with Gasteiger partial charge in [-0.05, 0) is 25.2 Å². The van der Waals surface area contributed by atoms with Gasteiger partial charge in [0.15, 0.2) is 5.11 Å². The Labute approximate surface area is 108 Å². The highest BCUT2D eigenvalue weighted by atomic mass is 32.1. The number of benzene rings is 1. The number of thiocarbonyl (C=S) groups is 1. The lowest BCUT2D eigenvalue weighted by Gasteiger charge is -2.09. The van der Waals surface area contributed by atoms with Crippen LogP contribution in [-0.2, 0) is 6.18 Å². The number of alkyl halides is 3. The second-order valence-corrected chi connectivity index (χ2v) is 3.72. The maximum absolute atomic E-state index is 12.6. The summed E-state index contributed by atoms with van der Waals surface area (Å²) in [6, 6.07) is 5.18. The fraction of sp³-hybridized carbons (Fsp3) is 0.273. The molecule has 0 bridgehead atoms. The molecule has 1 rings (SSSR count). The number of halogens is 3.